The summed E-state index contributed by atoms with van der Waals surface area (Å²) < 4.78 is 0. The van der Waals surface area contributed by atoms with Crippen molar-refractivity contribution in [2.24, 2.45) is 0 Å². The molecule has 4 rings (SSSR count). The van der Waals surface area contributed by atoms with Crippen LogP contribution in [0.25, 0.3) is 11.6 Å². The Hall–Kier alpha value is -3.97. The lowest BCUT2D eigenvalue weighted by Gasteiger charge is -2.28. The van der Waals surface area contributed by atoms with Crippen LogP contribution in [0.1, 0.15) is 69.3 Å². The normalized spacial score (nSPS) is 15.7. The highest BCUT2D eigenvalue weighted by Gasteiger charge is 2.23. The fourth-order valence-corrected chi connectivity index (χ4v) is 5.28. The summed E-state index contributed by atoms with van der Waals surface area (Å²) in [6.07, 6.45) is 15.9. The summed E-state index contributed by atoms with van der Waals surface area (Å²) in [5.74, 6) is 0. The first kappa shape index (κ1) is 26.1. The Labute approximate surface area is 221 Å². The minimum atomic E-state index is 0.340. The van der Waals surface area contributed by atoms with Crippen molar-refractivity contribution in [3.8, 4) is 6.07 Å². The van der Waals surface area contributed by atoms with Crippen LogP contribution in [-0.2, 0) is 6.42 Å². The van der Waals surface area contributed by atoms with E-state index >= 15 is 0 Å². The van der Waals surface area contributed by atoms with Crippen LogP contribution in [0.5, 0.6) is 0 Å². The smallest absolute Gasteiger partial charge is 0.0998 e. The lowest BCUT2D eigenvalue weighted by molar-refractivity contribution is 0.765. The zero-order chi connectivity index (χ0) is 26.4. The quantitative estimate of drug-likeness (QED) is 0.234. The topological polar surface area (TPSA) is 63.8 Å². The SMILES string of the molecule is C/C=C\C(C)=C/C(=N)c1cc(/C(C#N)=C/C2=C3Cc4cc(N(CC)CC)ccc4C=C3CCC2)ccn1. The number of fused-ring (bicyclic) bond motifs is 2. The van der Waals surface area contributed by atoms with Crippen LogP contribution < -0.4 is 4.90 Å². The highest BCUT2D eigenvalue weighted by Crippen LogP contribution is 2.40. The van der Waals surface area contributed by atoms with Gasteiger partial charge in [0.1, 0.15) is 0 Å². The highest BCUT2D eigenvalue weighted by molar-refractivity contribution is 6.06. The number of nitriles is 1. The molecule has 0 aliphatic heterocycles. The van der Waals surface area contributed by atoms with E-state index in [0.717, 1.165) is 49.9 Å². The third kappa shape index (κ3) is 5.89. The molecule has 0 atom stereocenters. The number of anilines is 1. The van der Waals surface area contributed by atoms with E-state index in [1.54, 1.807) is 12.3 Å². The Bertz CT molecular complexity index is 1390. The van der Waals surface area contributed by atoms with Gasteiger partial charge in [-0.15, -0.1) is 0 Å². The zero-order valence-corrected chi connectivity index (χ0v) is 22.4. The summed E-state index contributed by atoms with van der Waals surface area (Å²) in [7, 11) is 0. The van der Waals surface area contributed by atoms with Crippen molar-refractivity contribution in [2.45, 2.75) is 53.4 Å². The highest BCUT2D eigenvalue weighted by atomic mass is 15.1. The standard InChI is InChI=1S/C33H36N4/c1-5-9-23(4)16-32(35)33-21-25(14-15-36-33)29(22-34)18-27-11-8-10-26-17-24-12-13-30(37(6-2)7-3)19-28(24)20-31(26)27/h5,9,12-19,21,35H,6-8,10-11,20H2,1-4H3/b9-5-,23-16-,29-18+,35-32?. The Balaban J connectivity index is 1.70. The van der Waals surface area contributed by atoms with Gasteiger partial charge in [-0.25, -0.2) is 0 Å². The molecule has 2 aliphatic rings. The fraction of sp³-hybridized carbons (Fsp3) is 0.303. The van der Waals surface area contributed by atoms with Crippen molar-refractivity contribution < 1.29 is 0 Å². The van der Waals surface area contributed by atoms with Gasteiger partial charge in [0.15, 0.2) is 0 Å². The molecule has 2 aromatic rings. The molecule has 1 aromatic carbocycles. The number of hydrogen-bond donors (Lipinski definition) is 1. The third-order valence-corrected chi connectivity index (χ3v) is 7.21. The number of pyridine rings is 1. The molecule has 0 fully saturated rings. The second-order valence-corrected chi connectivity index (χ2v) is 9.66. The molecule has 0 radical (unpaired) electrons. The second-order valence-electron chi connectivity index (χ2n) is 9.66. The van der Waals surface area contributed by atoms with Crippen LogP contribution in [-0.4, -0.2) is 23.8 Å². The first-order valence-electron chi connectivity index (χ1n) is 13.3. The van der Waals surface area contributed by atoms with Gasteiger partial charge in [-0.2, -0.15) is 5.26 Å². The third-order valence-electron chi connectivity index (χ3n) is 7.21. The summed E-state index contributed by atoms with van der Waals surface area (Å²) >= 11 is 0. The Morgan fingerprint density at radius 2 is 1.97 bits per heavy atom. The van der Waals surface area contributed by atoms with E-state index in [2.05, 4.69) is 60.2 Å². The number of nitrogens with zero attached hydrogens (tertiary/aromatic N) is 3. The van der Waals surface area contributed by atoms with Gasteiger partial charge in [0.05, 0.1) is 23.0 Å². The van der Waals surface area contributed by atoms with Crippen molar-refractivity contribution in [2.75, 3.05) is 18.0 Å². The average molecular weight is 489 g/mol. The largest absolute Gasteiger partial charge is 0.372 e. The molecule has 1 heterocycles. The lowest BCUT2D eigenvalue weighted by atomic mass is 9.78. The second kappa shape index (κ2) is 11.8. The molecule has 0 amide bonds. The number of aromatic nitrogens is 1. The predicted molar refractivity (Wildman–Crippen MR) is 156 cm³/mol. The van der Waals surface area contributed by atoms with E-state index in [1.807, 2.05) is 38.1 Å². The molecule has 1 aromatic heterocycles. The minimum Gasteiger partial charge on any atom is -0.372 e. The molecule has 0 spiro atoms. The molecule has 4 heteroatoms. The molecule has 188 valence electrons. The van der Waals surface area contributed by atoms with Crippen LogP contribution in [0.2, 0.25) is 0 Å². The summed E-state index contributed by atoms with van der Waals surface area (Å²) in [6.45, 7) is 10.3. The van der Waals surface area contributed by atoms with Gasteiger partial charge in [-0.3, -0.25) is 10.4 Å². The number of benzene rings is 1. The summed E-state index contributed by atoms with van der Waals surface area (Å²) in [6, 6.07) is 13.0. The van der Waals surface area contributed by atoms with Crippen molar-refractivity contribution in [1.29, 1.82) is 10.7 Å². The molecule has 0 unspecified atom stereocenters. The van der Waals surface area contributed by atoms with Gasteiger partial charge < -0.3 is 4.90 Å². The zero-order valence-electron chi connectivity index (χ0n) is 22.4. The van der Waals surface area contributed by atoms with Gasteiger partial charge in [-0.05, 0) is 129 Å². The van der Waals surface area contributed by atoms with Gasteiger partial charge in [0.25, 0.3) is 0 Å². The predicted octanol–water partition coefficient (Wildman–Crippen LogP) is 7.85. The van der Waals surface area contributed by atoms with Crippen LogP contribution >= 0.6 is 0 Å². The van der Waals surface area contributed by atoms with Crippen LogP contribution in [0, 0.1) is 16.7 Å². The monoisotopic (exact) mass is 488 g/mol. The summed E-state index contributed by atoms with van der Waals surface area (Å²) in [4.78, 5) is 6.77. The van der Waals surface area contributed by atoms with Gasteiger partial charge in [0.2, 0.25) is 0 Å². The molecular formula is C33H36N4. The van der Waals surface area contributed by atoms with Crippen LogP contribution in [0.3, 0.4) is 0 Å². The van der Waals surface area contributed by atoms with E-state index in [1.165, 1.54) is 33.5 Å². The Morgan fingerprint density at radius 3 is 2.70 bits per heavy atom. The van der Waals surface area contributed by atoms with E-state index in [9.17, 15) is 5.26 Å². The minimum absolute atomic E-state index is 0.340. The summed E-state index contributed by atoms with van der Waals surface area (Å²) in [5, 5.41) is 18.6. The number of rotatable bonds is 8. The Morgan fingerprint density at radius 1 is 1.16 bits per heavy atom. The van der Waals surface area contributed by atoms with Crippen LogP contribution in [0.15, 0.2) is 83.1 Å². The summed E-state index contributed by atoms with van der Waals surface area (Å²) in [5.41, 5.74) is 11.3. The molecule has 0 saturated carbocycles. The van der Waals surface area contributed by atoms with Gasteiger partial charge in [0, 0.05) is 25.0 Å². The number of nitrogens with one attached hydrogen (secondary N) is 1. The van der Waals surface area contributed by atoms with Gasteiger partial charge >= 0.3 is 0 Å². The molecule has 37 heavy (non-hydrogen) atoms. The molecule has 2 aliphatic carbocycles. The molecular weight excluding hydrogens is 452 g/mol. The maximum atomic E-state index is 10.1. The maximum Gasteiger partial charge on any atom is 0.0998 e. The number of allylic oxidation sites excluding steroid dienone is 9. The van der Waals surface area contributed by atoms with E-state index in [4.69, 9.17) is 5.41 Å². The van der Waals surface area contributed by atoms with Crippen LogP contribution in [0.4, 0.5) is 5.69 Å². The average Bonchev–Trinajstić information content (AvgIpc) is 2.91. The number of hydrogen-bond acceptors (Lipinski definition) is 4. The molecule has 4 nitrogen and oxygen atoms in total. The van der Waals surface area contributed by atoms with Gasteiger partial charge in [-0.1, -0.05) is 24.3 Å². The first-order chi connectivity index (χ1) is 18.0. The maximum absolute atomic E-state index is 10.1. The molecule has 0 saturated heterocycles. The van der Waals surface area contributed by atoms with Crippen molar-refractivity contribution in [3.05, 3.63) is 106 Å². The Kier molecular flexibility index (Phi) is 8.36. The van der Waals surface area contributed by atoms with Crippen molar-refractivity contribution in [3.63, 3.8) is 0 Å². The van der Waals surface area contributed by atoms with Crippen molar-refractivity contribution in [1.82, 2.24) is 4.98 Å². The molecule has 0 bridgehead atoms. The fourth-order valence-electron chi connectivity index (χ4n) is 5.28. The van der Waals surface area contributed by atoms with E-state index < -0.39 is 0 Å². The van der Waals surface area contributed by atoms with E-state index in [-0.39, 0.29) is 0 Å². The van der Waals surface area contributed by atoms with E-state index in [0.29, 0.717) is 17.0 Å². The lowest BCUT2D eigenvalue weighted by Crippen LogP contribution is -2.22. The molecule has 1 N–H and O–H groups in total. The first-order valence-corrected chi connectivity index (χ1v) is 13.3. The van der Waals surface area contributed by atoms with Crippen molar-refractivity contribution >= 4 is 23.0 Å².